The molecule has 0 radical (unpaired) electrons. The number of aromatic nitrogens is 1. The minimum atomic E-state index is -0.972. The fourth-order valence-corrected chi connectivity index (χ4v) is 3.40. The summed E-state index contributed by atoms with van der Waals surface area (Å²) in [6.07, 6.45) is 2.80. The molecule has 0 aliphatic carbocycles. The normalized spacial score (nSPS) is 23.3. The molecule has 1 N–H and O–H groups in total. The molecule has 2 atom stereocenters. The molecule has 7 nitrogen and oxygen atoms in total. The van der Waals surface area contributed by atoms with E-state index in [1.54, 1.807) is 17.2 Å². The summed E-state index contributed by atoms with van der Waals surface area (Å²) in [6.45, 7) is 8.57. The molecule has 2 fully saturated rings. The Bertz CT molecular complexity index is 641. The third kappa shape index (κ3) is 3.44. The van der Waals surface area contributed by atoms with Crippen LogP contribution in [-0.4, -0.2) is 58.8 Å². The average molecular weight is 333 g/mol. The summed E-state index contributed by atoms with van der Waals surface area (Å²) >= 11 is 0. The van der Waals surface area contributed by atoms with Gasteiger partial charge in [0, 0.05) is 44.2 Å². The van der Waals surface area contributed by atoms with Gasteiger partial charge in [-0.15, -0.1) is 0 Å². The maximum absolute atomic E-state index is 12.2. The molecule has 1 amide bonds. The maximum Gasteiger partial charge on any atom is 0.410 e. The molecule has 3 rings (SSSR count). The molecule has 3 heterocycles. The Balaban J connectivity index is 1.62. The first-order chi connectivity index (χ1) is 11.2. The Morgan fingerprint density at radius 1 is 1.17 bits per heavy atom. The van der Waals surface area contributed by atoms with Crippen molar-refractivity contribution in [3.05, 3.63) is 24.0 Å². The van der Waals surface area contributed by atoms with Gasteiger partial charge in [0.25, 0.3) is 0 Å². The summed E-state index contributed by atoms with van der Waals surface area (Å²) in [5.74, 6) is -0.211. The Morgan fingerprint density at radius 3 is 2.33 bits per heavy atom. The topological polar surface area (TPSA) is 83.0 Å². The highest BCUT2D eigenvalue weighted by Gasteiger charge is 2.42. The number of likely N-dealkylation sites (tertiary alicyclic amines) is 1. The van der Waals surface area contributed by atoms with Crippen molar-refractivity contribution in [3.8, 4) is 0 Å². The van der Waals surface area contributed by atoms with Gasteiger partial charge in [-0.25, -0.2) is 9.59 Å². The first-order valence-corrected chi connectivity index (χ1v) is 8.14. The van der Waals surface area contributed by atoms with E-state index in [1.165, 1.54) is 6.20 Å². The lowest BCUT2D eigenvalue weighted by molar-refractivity contribution is 0.0282. The molecule has 2 saturated heterocycles. The van der Waals surface area contributed by atoms with Crippen LogP contribution >= 0.6 is 0 Å². The van der Waals surface area contributed by atoms with E-state index in [2.05, 4.69) is 9.88 Å². The van der Waals surface area contributed by atoms with Crippen LogP contribution in [0.3, 0.4) is 0 Å². The van der Waals surface area contributed by atoms with E-state index >= 15 is 0 Å². The number of carbonyl (C=O) groups is 2. The summed E-state index contributed by atoms with van der Waals surface area (Å²) < 4.78 is 5.44. The molecular weight excluding hydrogens is 310 g/mol. The van der Waals surface area contributed by atoms with Crippen LogP contribution in [0.4, 0.5) is 10.5 Å². The number of carbonyl (C=O) groups excluding carboxylic acids is 1. The van der Waals surface area contributed by atoms with Crippen molar-refractivity contribution in [1.29, 1.82) is 0 Å². The Labute approximate surface area is 141 Å². The zero-order valence-electron chi connectivity index (χ0n) is 14.2. The highest BCUT2D eigenvalue weighted by Crippen LogP contribution is 2.34. The quantitative estimate of drug-likeness (QED) is 0.892. The SMILES string of the molecule is CC(C)(C)OC(=O)N1CC2CN(c3cncc(C(=O)O)c3)CC2C1. The van der Waals surface area contributed by atoms with Crippen LogP contribution < -0.4 is 4.90 Å². The zero-order chi connectivity index (χ0) is 17.5. The van der Waals surface area contributed by atoms with Crippen molar-refractivity contribution in [2.45, 2.75) is 26.4 Å². The smallest absolute Gasteiger partial charge is 0.410 e. The fraction of sp³-hybridized carbons (Fsp3) is 0.588. The zero-order valence-corrected chi connectivity index (χ0v) is 14.2. The number of aromatic carboxylic acids is 1. The van der Waals surface area contributed by atoms with E-state index in [0.717, 1.165) is 18.8 Å². The minimum Gasteiger partial charge on any atom is -0.478 e. The average Bonchev–Trinajstić information content (AvgIpc) is 3.04. The lowest BCUT2D eigenvalue weighted by atomic mass is 10.0. The Morgan fingerprint density at radius 2 is 1.79 bits per heavy atom. The lowest BCUT2D eigenvalue weighted by Crippen LogP contribution is -2.37. The van der Waals surface area contributed by atoms with Crippen LogP contribution in [0.25, 0.3) is 0 Å². The van der Waals surface area contributed by atoms with Crippen LogP contribution in [-0.2, 0) is 4.74 Å². The van der Waals surface area contributed by atoms with E-state index in [0.29, 0.717) is 24.9 Å². The monoisotopic (exact) mass is 333 g/mol. The molecule has 0 aromatic carbocycles. The number of hydrogen-bond donors (Lipinski definition) is 1. The molecular formula is C17H23N3O4. The summed E-state index contributed by atoms with van der Waals surface area (Å²) in [7, 11) is 0. The number of carboxylic acids is 1. The number of rotatable bonds is 2. The number of carboxylic acid groups (broad SMARTS) is 1. The van der Waals surface area contributed by atoms with Crippen LogP contribution in [0.2, 0.25) is 0 Å². The third-order valence-corrected chi connectivity index (χ3v) is 4.47. The number of hydrogen-bond acceptors (Lipinski definition) is 5. The molecule has 2 aliphatic rings. The molecule has 24 heavy (non-hydrogen) atoms. The Kier molecular flexibility index (Phi) is 4.11. The van der Waals surface area contributed by atoms with Crippen LogP contribution in [0, 0.1) is 11.8 Å². The second-order valence-corrected chi connectivity index (χ2v) is 7.55. The first-order valence-electron chi connectivity index (χ1n) is 8.14. The van der Waals surface area contributed by atoms with Gasteiger partial charge < -0.3 is 19.6 Å². The predicted molar refractivity (Wildman–Crippen MR) is 88.2 cm³/mol. The number of ether oxygens (including phenoxy) is 1. The molecule has 7 heteroatoms. The van der Waals surface area contributed by atoms with Crippen molar-refractivity contribution in [2.75, 3.05) is 31.1 Å². The summed E-state index contributed by atoms with van der Waals surface area (Å²) in [4.78, 5) is 31.2. The van der Waals surface area contributed by atoms with Crippen molar-refractivity contribution >= 4 is 17.7 Å². The Hall–Kier alpha value is -2.31. The molecule has 0 saturated carbocycles. The van der Waals surface area contributed by atoms with Gasteiger partial charge in [0.1, 0.15) is 5.60 Å². The van der Waals surface area contributed by atoms with E-state index in [-0.39, 0.29) is 11.7 Å². The second-order valence-electron chi connectivity index (χ2n) is 7.55. The number of amides is 1. The fourth-order valence-electron chi connectivity index (χ4n) is 3.40. The van der Waals surface area contributed by atoms with E-state index < -0.39 is 11.6 Å². The molecule has 1 aromatic heterocycles. The van der Waals surface area contributed by atoms with Crippen LogP contribution in [0.5, 0.6) is 0 Å². The number of pyridine rings is 1. The van der Waals surface area contributed by atoms with Crippen molar-refractivity contribution in [3.63, 3.8) is 0 Å². The van der Waals surface area contributed by atoms with Crippen LogP contribution in [0.1, 0.15) is 31.1 Å². The standard InChI is InChI=1S/C17H23N3O4/c1-17(2,3)24-16(23)20-9-12-7-19(8-13(12)10-20)14-4-11(15(21)22)5-18-6-14/h4-6,12-13H,7-10H2,1-3H3,(H,21,22). The molecule has 1 aromatic rings. The molecule has 2 aliphatic heterocycles. The first kappa shape index (κ1) is 16.5. The third-order valence-electron chi connectivity index (χ3n) is 4.47. The number of anilines is 1. The molecule has 130 valence electrons. The summed E-state index contributed by atoms with van der Waals surface area (Å²) in [6, 6.07) is 1.65. The molecule has 0 spiro atoms. The lowest BCUT2D eigenvalue weighted by Gasteiger charge is -2.26. The molecule has 0 bridgehead atoms. The van der Waals surface area contributed by atoms with Gasteiger partial charge in [-0.2, -0.15) is 0 Å². The number of fused-ring (bicyclic) bond motifs is 1. The van der Waals surface area contributed by atoms with E-state index in [9.17, 15) is 9.59 Å². The molecule has 2 unspecified atom stereocenters. The summed E-state index contributed by atoms with van der Waals surface area (Å²) in [5.41, 5.74) is 0.539. The van der Waals surface area contributed by atoms with Gasteiger partial charge in [0.15, 0.2) is 0 Å². The van der Waals surface area contributed by atoms with Crippen LogP contribution in [0.15, 0.2) is 18.5 Å². The van der Waals surface area contributed by atoms with Gasteiger partial charge in [-0.05, 0) is 26.8 Å². The second kappa shape index (κ2) is 5.96. The van der Waals surface area contributed by atoms with E-state index in [1.807, 2.05) is 20.8 Å². The van der Waals surface area contributed by atoms with Crippen molar-refractivity contribution in [2.24, 2.45) is 11.8 Å². The highest BCUT2D eigenvalue weighted by atomic mass is 16.6. The van der Waals surface area contributed by atoms with Gasteiger partial charge in [0.2, 0.25) is 0 Å². The maximum atomic E-state index is 12.2. The predicted octanol–water partition coefficient (Wildman–Crippen LogP) is 2.08. The van der Waals surface area contributed by atoms with Gasteiger partial charge in [0.05, 0.1) is 17.4 Å². The van der Waals surface area contributed by atoms with Gasteiger partial charge in [-0.3, -0.25) is 4.98 Å². The highest BCUT2D eigenvalue weighted by molar-refractivity contribution is 5.88. The van der Waals surface area contributed by atoms with Crippen molar-refractivity contribution in [1.82, 2.24) is 9.88 Å². The number of nitrogens with zero attached hydrogens (tertiary/aromatic N) is 3. The van der Waals surface area contributed by atoms with E-state index in [4.69, 9.17) is 9.84 Å². The van der Waals surface area contributed by atoms with Gasteiger partial charge in [-0.1, -0.05) is 0 Å². The van der Waals surface area contributed by atoms with Crippen molar-refractivity contribution < 1.29 is 19.4 Å². The largest absolute Gasteiger partial charge is 0.478 e. The van der Waals surface area contributed by atoms with Gasteiger partial charge >= 0.3 is 12.1 Å². The minimum absolute atomic E-state index is 0.194. The summed E-state index contributed by atoms with van der Waals surface area (Å²) in [5, 5.41) is 9.09.